The Hall–Kier alpha value is -1.26. The molecule has 0 radical (unpaired) electrons. The standard InChI is InChI=1S/C8H17N3O2/c1-6(2)11(8(12)13-3)5-4-7(9)10/h6H,4-5H2,1-3H3,(H3,9,10). The first kappa shape index (κ1) is 11.7. The maximum Gasteiger partial charge on any atom is 0.409 e. The highest BCUT2D eigenvalue weighted by Crippen LogP contribution is 2.01. The van der Waals surface area contributed by atoms with Crippen molar-refractivity contribution in [3.05, 3.63) is 0 Å². The van der Waals surface area contributed by atoms with E-state index in [1.807, 2.05) is 13.8 Å². The second-order valence-electron chi connectivity index (χ2n) is 3.03. The van der Waals surface area contributed by atoms with Crippen LogP contribution in [0.15, 0.2) is 0 Å². The summed E-state index contributed by atoms with van der Waals surface area (Å²) in [6.07, 6.45) is 0.00375. The summed E-state index contributed by atoms with van der Waals surface area (Å²) in [5, 5.41) is 7.03. The molecule has 0 aromatic heterocycles. The molecule has 3 N–H and O–H groups in total. The van der Waals surface area contributed by atoms with Gasteiger partial charge in [-0.05, 0) is 13.8 Å². The number of carbonyl (C=O) groups is 1. The molecular weight excluding hydrogens is 170 g/mol. The lowest BCUT2D eigenvalue weighted by Gasteiger charge is -2.24. The van der Waals surface area contributed by atoms with E-state index in [4.69, 9.17) is 11.1 Å². The second kappa shape index (κ2) is 5.40. The van der Waals surface area contributed by atoms with Crippen molar-refractivity contribution in [1.29, 1.82) is 5.41 Å². The Balaban J connectivity index is 4.10. The zero-order valence-corrected chi connectivity index (χ0v) is 8.33. The quantitative estimate of drug-likeness (QED) is 0.504. The molecule has 0 aliphatic carbocycles. The van der Waals surface area contributed by atoms with E-state index in [0.29, 0.717) is 13.0 Å². The van der Waals surface area contributed by atoms with Crippen molar-refractivity contribution >= 4 is 11.9 Å². The van der Waals surface area contributed by atoms with Gasteiger partial charge in [0.15, 0.2) is 0 Å². The summed E-state index contributed by atoms with van der Waals surface area (Å²) in [4.78, 5) is 12.7. The largest absolute Gasteiger partial charge is 0.453 e. The van der Waals surface area contributed by atoms with Crippen LogP contribution in [-0.2, 0) is 4.74 Å². The fourth-order valence-electron chi connectivity index (χ4n) is 0.918. The third-order valence-electron chi connectivity index (χ3n) is 1.65. The SMILES string of the molecule is COC(=O)N(CCC(=N)N)C(C)C. The number of methoxy groups -OCH3 is 1. The number of nitrogens with one attached hydrogen (secondary N) is 1. The first-order chi connectivity index (χ1) is 5.99. The van der Waals surface area contributed by atoms with Gasteiger partial charge >= 0.3 is 6.09 Å². The Bertz CT molecular complexity index is 192. The van der Waals surface area contributed by atoms with E-state index >= 15 is 0 Å². The van der Waals surface area contributed by atoms with Crippen LogP contribution in [0.4, 0.5) is 4.79 Å². The Labute approximate surface area is 78.4 Å². The fourth-order valence-corrected chi connectivity index (χ4v) is 0.918. The summed E-state index contributed by atoms with van der Waals surface area (Å²) in [7, 11) is 1.34. The second-order valence-corrected chi connectivity index (χ2v) is 3.03. The fraction of sp³-hybridized carbons (Fsp3) is 0.750. The van der Waals surface area contributed by atoms with E-state index in [1.54, 1.807) is 0 Å². The zero-order chi connectivity index (χ0) is 10.4. The molecule has 0 bridgehead atoms. The van der Waals surface area contributed by atoms with E-state index in [1.165, 1.54) is 12.0 Å². The molecule has 0 aromatic carbocycles. The normalized spacial score (nSPS) is 9.85. The van der Waals surface area contributed by atoms with Crippen LogP contribution < -0.4 is 5.73 Å². The Morgan fingerprint density at radius 1 is 1.62 bits per heavy atom. The monoisotopic (exact) mass is 187 g/mol. The molecule has 5 heteroatoms. The van der Waals surface area contributed by atoms with Crippen molar-refractivity contribution in [3.63, 3.8) is 0 Å². The highest BCUT2D eigenvalue weighted by atomic mass is 16.5. The predicted molar refractivity (Wildman–Crippen MR) is 50.8 cm³/mol. The van der Waals surface area contributed by atoms with Crippen LogP contribution in [-0.4, -0.2) is 36.5 Å². The third kappa shape index (κ3) is 4.35. The Morgan fingerprint density at radius 3 is 2.46 bits per heavy atom. The molecule has 5 nitrogen and oxygen atoms in total. The summed E-state index contributed by atoms with van der Waals surface area (Å²) < 4.78 is 4.58. The molecule has 0 saturated heterocycles. The van der Waals surface area contributed by atoms with E-state index in [9.17, 15) is 4.79 Å². The highest BCUT2D eigenvalue weighted by molar-refractivity contribution is 5.77. The van der Waals surface area contributed by atoms with Crippen LogP contribution in [0.2, 0.25) is 0 Å². The number of ether oxygens (including phenoxy) is 1. The van der Waals surface area contributed by atoms with Crippen LogP contribution in [0.3, 0.4) is 0 Å². The average molecular weight is 187 g/mol. The number of nitrogens with zero attached hydrogens (tertiary/aromatic N) is 1. The summed E-state index contributed by atoms with van der Waals surface area (Å²) in [6.45, 7) is 4.20. The minimum Gasteiger partial charge on any atom is -0.453 e. The third-order valence-corrected chi connectivity index (χ3v) is 1.65. The molecule has 0 aliphatic rings. The van der Waals surface area contributed by atoms with Gasteiger partial charge in [0.05, 0.1) is 12.9 Å². The van der Waals surface area contributed by atoms with Crippen LogP contribution in [0, 0.1) is 5.41 Å². The first-order valence-corrected chi connectivity index (χ1v) is 4.16. The number of amidine groups is 1. The molecule has 13 heavy (non-hydrogen) atoms. The molecule has 0 fully saturated rings. The van der Waals surface area contributed by atoms with Crippen molar-refractivity contribution in [2.75, 3.05) is 13.7 Å². The molecule has 0 rings (SSSR count). The van der Waals surface area contributed by atoms with Gasteiger partial charge in [-0.2, -0.15) is 0 Å². The van der Waals surface area contributed by atoms with Gasteiger partial charge in [-0.25, -0.2) is 4.79 Å². The minimum atomic E-state index is -0.378. The molecule has 1 amide bonds. The van der Waals surface area contributed by atoms with Crippen LogP contribution in [0.25, 0.3) is 0 Å². The molecule has 0 heterocycles. The molecule has 0 unspecified atom stereocenters. The first-order valence-electron chi connectivity index (χ1n) is 4.16. The lowest BCUT2D eigenvalue weighted by atomic mass is 10.3. The van der Waals surface area contributed by atoms with E-state index in [-0.39, 0.29) is 18.0 Å². The predicted octanol–water partition coefficient (Wildman–Crippen LogP) is 0.789. The summed E-state index contributed by atoms with van der Waals surface area (Å²) in [6, 6.07) is 0.0619. The maximum atomic E-state index is 11.2. The van der Waals surface area contributed by atoms with Gasteiger partial charge in [-0.15, -0.1) is 0 Å². The van der Waals surface area contributed by atoms with Crippen molar-refractivity contribution in [1.82, 2.24) is 4.90 Å². The molecule has 0 aromatic rings. The number of hydrogen-bond acceptors (Lipinski definition) is 3. The van der Waals surface area contributed by atoms with Gasteiger partial charge in [0, 0.05) is 19.0 Å². The number of amides is 1. The van der Waals surface area contributed by atoms with Crippen LogP contribution >= 0.6 is 0 Å². The Kier molecular flexibility index (Phi) is 4.87. The number of rotatable bonds is 4. The smallest absolute Gasteiger partial charge is 0.409 e. The molecular formula is C8H17N3O2. The molecule has 0 saturated carbocycles. The van der Waals surface area contributed by atoms with Gasteiger partial charge in [0.25, 0.3) is 0 Å². The van der Waals surface area contributed by atoms with Crippen molar-refractivity contribution < 1.29 is 9.53 Å². The minimum absolute atomic E-state index is 0.0619. The zero-order valence-electron chi connectivity index (χ0n) is 8.33. The number of carbonyl (C=O) groups excluding carboxylic acids is 1. The van der Waals surface area contributed by atoms with Crippen molar-refractivity contribution in [3.8, 4) is 0 Å². The van der Waals surface area contributed by atoms with Crippen molar-refractivity contribution in [2.45, 2.75) is 26.3 Å². The van der Waals surface area contributed by atoms with E-state index in [2.05, 4.69) is 4.74 Å². The lowest BCUT2D eigenvalue weighted by Crippen LogP contribution is -2.38. The van der Waals surface area contributed by atoms with Gasteiger partial charge in [0.2, 0.25) is 0 Å². The van der Waals surface area contributed by atoms with Gasteiger partial charge in [-0.3, -0.25) is 5.41 Å². The van der Waals surface area contributed by atoms with Crippen LogP contribution in [0.1, 0.15) is 20.3 Å². The van der Waals surface area contributed by atoms with E-state index in [0.717, 1.165) is 0 Å². The summed E-state index contributed by atoms with van der Waals surface area (Å²) >= 11 is 0. The van der Waals surface area contributed by atoms with Gasteiger partial charge in [0.1, 0.15) is 0 Å². The van der Waals surface area contributed by atoms with Gasteiger partial charge < -0.3 is 15.4 Å². The molecule has 0 spiro atoms. The topological polar surface area (TPSA) is 79.4 Å². The van der Waals surface area contributed by atoms with Crippen LogP contribution in [0.5, 0.6) is 0 Å². The van der Waals surface area contributed by atoms with Crippen molar-refractivity contribution in [2.24, 2.45) is 5.73 Å². The molecule has 0 aliphatic heterocycles. The molecule has 0 atom stereocenters. The number of hydrogen-bond donors (Lipinski definition) is 2. The molecule has 76 valence electrons. The summed E-state index contributed by atoms with van der Waals surface area (Å²) in [5.74, 6) is 0.0783. The average Bonchev–Trinajstić information content (AvgIpc) is 2.03. The number of nitrogens with two attached hydrogens (primary N) is 1. The van der Waals surface area contributed by atoms with E-state index < -0.39 is 0 Å². The highest BCUT2D eigenvalue weighted by Gasteiger charge is 2.16. The Morgan fingerprint density at radius 2 is 2.15 bits per heavy atom. The lowest BCUT2D eigenvalue weighted by molar-refractivity contribution is 0.113. The maximum absolute atomic E-state index is 11.2. The summed E-state index contributed by atoms with van der Waals surface area (Å²) in [5.41, 5.74) is 5.19. The van der Waals surface area contributed by atoms with Gasteiger partial charge in [-0.1, -0.05) is 0 Å².